The summed E-state index contributed by atoms with van der Waals surface area (Å²) in [5.41, 5.74) is 2.05. The molecule has 5 heteroatoms. The van der Waals surface area contributed by atoms with E-state index in [0.29, 0.717) is 6.42 Å². The molecule has 1 fully saturated rings. The van der Waals surface area contributed by atoms with Gasteiger partial charge in [-0.2, -0.15) is 0 Å². The third-order valence-electron chi connectivity index (χ3n) is 4.68. The van der Waals surface area contributed by atoms with E-state index in [1.165, 1.54) is 6.42 Å². The van der Waals surface area contributed by atoms with Crippen molar-refractivity contribution in [2.75, 3.05) is 25.5 Å². The van der Waals surface area contributed by atoms with Crippen LogP contribution < -0.4 is 10.1 Å². The first-order chi connectivity index (χ1) is 12.8. The number of anilines is 1. The Balaban J connectivity index is 1.62. The molecule has 1 aromatic carbocycles. The predicted octanol–water partition coefficient (Wildman–Crippen LogP) is 4.40. The lowest BCUT2D eigenvalue weighted by Crippen LogP contribution is -2.34. The Morgan fingerprint density at radius 1 is 1.23 bits per heavy atom. The summed E-state index contributed by atoms with van der Waals surface area (Å²) in [4.78, 5) is 14.2. The molecular formula is C21H26N2O3. The summed E-state index contributed by atoms with van der Waals surface area (Å²) in [7, 11) is 1.65. The van der Waals surface area contributed by atoms with Crippen molar-refractivity contribution in [3.05, 3.63) is 60.6 Å². The van der Waals surface area contributed by atoms with Crippen molar-refractivity contribution >= 4 is 11.6 Å². The third kappa shape index (κ3) is 4.91. The number of rotatable bonds is 7. The summed E-state index contributed by atoms with van der Waals surface area (Å²) in [6.45, 7) is 1.75. The minimum atomic E-state index is 0.0348. The number of nitrogens with zero attached hydrogens (tertiary/aromatic N) is 1. The summed E-state index contributed by atoms with van der Waals surface area (Å²) in [6.07, 6.45) is 11.2. The van der Waals surface area contributed by atoms with Gasteiger partial charge in [0, 0.05) is 24.3 Å². The Morgan fingerprint density at radius 3 is 2.65 bits per heavy atom. The molecule has 2 heterocycles. The fourth-order valence-corrected chi connectivity index (χ4v) is 3.16. The number of furan rings is 1. The van der Waals surface area contributed by atoms with Crippen LogP contribution in [0.2, 0.25) is 0 Å². The first-order valence-corrected chi connectivity index (χ1v) is 9.14. The average molecular weight is 354 g/mol. The molecule has 1 aliphatic rings. The van der Waals surface area contributed by atoms with E-state index in [1.807, 2.05) is 41.3 Å². The van der Waals surface area contributed by atoms with Gasteiger partial charge in [0.2, 0.25) is 5.91 Å². The molecule has 0 saturated carbocycles. The van der Waals surface area contributed by atoms with Gasteiger partial charge in [-0.1, -0.05) is 6.08 Å². The van der Waals surface area contributed by atoms with Crippen LogP contribution in [0.3, 0.4) is 0 Å². The molecule has 0 aliphatic carbocycles. The van der Waals surface area contributed by atoms with Crippen LogP contribution in [0.25, 0.3) is 0 Å². The van der Waals surface area contributed by atoms with Gasteiger partial charge in [-0.15, -0.1) is 0 Å². The highest BCUT2D eigenvalue weighted by Crippen LogP contribution is 2.25. The Labute approximate surface area is 154 Å². The van der Waals surface area contributed by atoms with Crippen molar-refractivity contribution in [3.63, 3.8) is 0 Å². The summed E-state index contributed by atoms with van der Waals surface area (Å²) in [6, 6.07) is 9.78. The van der Waals surface area contributed by atoms with Crippen LogP contribution in [-0.2, 0) is 4.79 Å². The van der Waals surface area contributed by atoms with Gasteiger partial charge in [0.05, 0.1) is 25.7 Å². The van der Waals surface area contributed by atoms with Crippen LogP contribution in [0, 0.1) is 0 Å². The molecule has 0 radical (unpaired) electrons. The van der Waals surface area contributed by atoms with Crippen molar-refractivity contribution in [3.8, 4) is 5.75 Å². The van der Waals surface area contributed by atoms with E-state index < -0.39 is 0 Å². The lowest BCUT2D eigenvalue weighted by molar-refractivity contribution is -0.126. The SMILES string of the molecule is COc1ccc(N[C@H](C/C=C/C(=O)N2CCCCC2)c2ccoc2)cc1. The zero-order valence-corrected chi connectivity index (χ0v) is 15.2. The molecule has 1 amide bonds. The number of ether oxygens (including phenoxy) is 1. The van der Waals surface area contributed by atoms with Gasteiger partial charge in [0.15, 0.2) is 0 Å². The normalized spacial score (nSPS) is 15.8. The molecule has 1 aromatic heterocycles. The van der Waals surface area contributed by atoms with E-state index in [-0.39, 0.29) is 11.9 Å². The molecule has 1 aliphatic heterocycles. The van der Waals surface area contributed by atoms with Gasteiger partial charge in [-0.25, -0.2) is 0 Å². The maximum atomic E-state index is 12.3. The summed E-state index contributed by atoms with van der Waals surface area (Å²) in [5.74, 6) is 0.933. The molecule has 0 unspecified atom stereocenters. The topological polar surface area (TPSA) is 54.7 Å². The molecule has 1 N–H and O–H groups in total. The summed E-state index contributed by atoms with van der Waals surface area (Å²) in [5, 5.41) is 3.49. The van der Waals surface area contributed by atoms with Crippen LogP contribution in [0.15, 0.2) is 59.4 Å². The number of amides is 1. The van der Waals surface area contributed by atoms with Crippen molar-refractivity contribution in [1.29, 1.82) is 0 Å². The zero-order valence-electron chi connectivity index (χ0n) is 15.2. The van der Waals surface area contributed by atoms with Crippen molar-refractivity contribution in [2.45, 2.75) is 31.7 Å². The number of hydrogen-bond donors (Lipinski definition) is 1. The zero-order chi connectivity index (χ0) is 18.2. The van der Waals surface area contributed by atoms with Crippen molar-refractivity contribution in [2.24, 2.45) is 0 Å². The van der Waals surface area contributed by atoms with Crippen molar-refractivity contribution in [1.82, 2.24) is 4.90 Å². The highest BCUT2D eigenvalue weighted by atomic mass is 16.5. The molecular weight excluding hydrogens is 328 g/mol. The summed E-state index contributed by atoms with van der Waals surface area (Å²) >= 11 is 0. The number of methoxy groups -OCH3 is 1. The number of hydrogen-bond acceptors (Lipinski definition) is 4. The number of piperidine rings is 1. The van der Waals surface area contributed by atoms with Crippen LogP contribution in [-0.4, -0.2) is 31.0 Å². The molecule has 5 nitrogen and oxygen atoms in total. The molecule has 26 heavy (non-hydrogen) atoms. The van der Waals surface area contributed by atoms with Crippen LogP contribution in [0.1, 0.15) is 37.3 Å². The van der Waals surface area contributed by atoms with Crippen LogP contribution >= 0.6 is 0 Å². The van der Waals surface area contributed by atoms with Crippen LogP contribution in [0.4, 0.5) is 5.69 Å². The van der Waals surface area contributed by atoms with Crippen molar-refractivity contribution < 1.29 is 13.9 Å². The Kier molecular flexibility index (Phi) is 6.36. The molecule has 138 valence electrons. The number of nitrogens with one attached hydrogen (secondary N) is 1. The fraction of sp³-hybridized carbons (Fsp3) is 0.381. The average Bonchev–Trinajstić information content (AvgIpc) is 3.23. The van der Waals surface area contributed by atoms with Gasteiger partial charge < -0.3 is 19.4 Å². The lowest BCUT2D eigenvalue weighted by Gasteiger charge is -2.25. The Bertz CT molecular complexity index is 701. The molecule has 0 spiro atoms. The second-order valence-electron chi connectivity index (χ2n) is 6.51. The Morgan fingerprint density at radius 2 is 2.00 bits per heavy atom. The van der Waals surface area contributed by atoms with Gasteiger partial charge >= 0.3 is 0 Å². The van der Waals surface area contributed by atoms with Gasteiger partial charge in [-0.3, -0.25) is 4.79 Å². The molecule has 3 rings (SSSR count). The second-order valence-corrected chi connectivity index (χ2v) is 6.51. The highest BCUT2D eigenvalue weighted by molar-refractivity contribution is 5.87. The number of carbonyl (C=O) groups is 1. The maximum absolute atomic E-state index is 12.3. The van der Waals surface area contributed by atoms with E-state index >= 15 is 0 Å². The maximum Gasteiger partial charge on any atom is 0.246 e. The number of likely N-dealkylation sites (tertiary alicyclic amines) is 1. The van der Waals surface area contributed by atoms with Gasteiger partial charge in [0.25, 0.3) is 0 Å². The highest BCUT2D eigenvalue weighted by Gasteiger charge is 2.15. The smallest absolute Gasteiger partial charge is 0.246 e. The quantitative estimate of drug-likeness (QED) is 0.749. The summed E-state index contributed by atoms with van der Waals surface area (Å²) < 4.78 is 10.4. The molecule has 1 atom stereocenters. The van der Waals surface area contributed by atoms with Gasteiger partial charge in [-0.05, 0) is 62.1 Å². The van der Waals surface area contributed by atoms with Crippen LogP contribution in [0.5, 0.6) is 5.75 Å². The largest absolute Gasteiger partial charge is 0.497 e. The predicted molar refractivity (Wildman–Crippen MR) is 102 cm³/mol. The van der Waals surface area contributed by atoms with E-state index in [0.717, 1.165) is 42.9 Å². The third-order valence-corrected chi connectivity index (χ3v) is 4.68. The lowest BCUT2D eigenvalue weighted by atomic mass is 10.1. The minimum Gasteiger partial charge on any atom is -0.497 e. The first-order valence-electron chi connectivity index (χ1n) is 9.14. The van der Waals surface area contributed by atoms with E-state index in [1.54, 1.807) is 25.7 Å². The number of carbonyl (C=O) groups excluding carboxylic acids is 1. The fourth-order valence-electron chi connectivity index (χ4n) is 3.16. The standard InChI is InChI=1S/C21H26N2O3/c1-25-19-10-8-18(9-11-19)22-20(17-12-15-26-16-17)6-5-7-21(24)23-13-3-2-4-14-23/h5,7-12,15-16,20,22H,2-4,6,13-14H2,1H3/b7-5+/t20-/m1/s1. The molecule has 1 saturated heterocycles. The number of benzene rings is 1. The van der Waals surface area contributed by atoms with Gasteiger partial charge in [0.1, 0.15) is 5.75 Å². The minimum absolute atomic E-state index is 0.0348. The van der Waals surface area contributed by atoms with E-state index in [9.17, 15) is 4.79 Å². The molecule has 2 aromatic rings. The Hall–Kier alpha value is -2.69. The second kappa shape index (κ2) is 9.13. The van der Waals surface area contributed by atoms with E-state index in [2.05, 4.69) is 5.32 Å². The first kappa shape index (κ1) is 18.1. The van der Waals surface area contributed by atoms with E-state index in [4.69, 9.17) is 9.15 Å². The monoisotopic (exact) mass is 354 g/mol. The molecule has 0 bridgehead atoms.